The number of benzene rings is 3. The fraction of sp³-hybridized carbons (Fsp3) is 0.344. The molecule has 1 atom stereocenters. The van der Waals surface area contributed by atoms with Crippen molar-refractivity contribution in [2.24, 2.45) is 0 Å². The van der Waals surface area contributed by atoms with Gasteiger partial charge in [-0.3, -0.25) is 9.69 Å². The lowest BCUT2D eigenvalue weighted by atomic mass is 9.84. The van der Waals surface area contributed by atoms with Gasteiger partial charge in [-0.2, -0.15) is 8.78 Å². The Labute approximate surface area is 248 Å². The minimum Gasteiger partial charge on any atom is -0.477 e. The summed E-state index contributed by atoms with van der Waals surface area (Å²) in [4.78, 5) is 38.1. The Balaban J connectivity index is 1.51. The highest BCUT2D eigenvalue weighted by Crippen LogP contribution is 2.33. The number of hydrogen-bond acceptors (Lipinski definition) is 3. The number of carboxylic acid groups (broad SMARTS) is 1. The van der Waals surface area contributed by atoms with Crippen LogP contribution in [0.5, 0.6) is 0 Å². The number of anilines is 1. The van der Waals surface area contributed by atoms with Crippen molar-refractivity contribution in [3.05, 3.63) is 100 Å². The molecule has 4 rings (SSSR count). The van der Waals surface area contributed by atoms with Crippen LogP contribution in [0.2, 0.25) is 5.02 Å². The molecule has 0 spiro atoms. The highest BCUT2D eigenvalue weighted by atomic mass is 35.5. The van der Waals surface area contributed by atoms with Crippen LogP contribution in [0.15, 0.2) is 72.8 Å². The molecule has 3 N–H and O–H groups in total. The van der Waals surface area contributed by atoms with E-state index < -0.39 is 24.3 Å². The van der Waals surface area contributed by atoms with E-state index in [-0.39, 0.29) is 24.2 Å². The van der Waals surface area contributed by atoms with E-state index in [1.54, 1.807) is 29.2 Å². The maximum absolute atomic E-state index is 13.6. The first-order valence-electron chi connectivity index (χ1n) is 14.0. The quantitative estimate of drug-likeness (QED) is 0.228. The zero-order chi connectivity index (χ0) is 30.3. The summed E-state index contributed by atoms with van der Waals surface area (Å²) in [7, 11) is 0. The third-order valence-electron chi connectivity index (χ3n) is 7.58. The van der Waals surface area contributed by atoms with Crippen LogP contribution in [0.25, 0.3) is 0 Å². The highest BCUT2D eigenvalue weighted by molar-refractivity contribution is 6.30. The van der Waals surface area contributed by atoms with E-state index in [4.69, 9.17) is 16.7 Å². The number of halogens is 3. The van der Waals surface area contributed by atoms with Gasteiger partial charge in [0.2, 0.25) is 0 Å². The van der Waals surface area contributed by atoms with E-state index in [9.17, 15) is 23.2 Å². The van der Waals surface area contributed by atoms with Crippen LogP contribution in [-0.4, -0.2) is 35.5 Å². The summed E-state index contributed by atoms with van der Waals surface area (Å²) in [6, 6.07) is 20.8. The number of carboxylic acids is 1. The molecule has 0 aliphatic heterocycles. The second-order valence-corrected chi connectivity index (χ2v) is 11.1. The lowest BCUT2D eigenvalue weighted by Gasteiger charge is -2.27. The third-order valence-corrected chi connectivity index (χ3v) is 7.83. The summed E-state index contributed by atoms with van der Waals surface area (Å²) < 4.78 is 26.7. The Morgan fingerprint density at radius 1 is 0.952 bits per heavy atom. The fourth-order valence-electron chi connectivity index (χ4n) is 5.05. The lowest BCUT2D eigenvalue weighted by molar-refractivity contribution is -0.163. The molecule has 3 aromatic carbocycles. The first-order chi connectivity index (χ1) is 20.0. The largest absolute Gasteiger partial charge is 0.477 e. The van der Waals surface area contributed by atoms with Crippen LogP contribution in [0.4, 0.5) is 19.3 Å². The monoisotopic (exact) mass is 597 g/mol. The second-order valence-electron chi connectivity index (χ2n) is 10.6. The van der Waals surface area contributed by atoms with Crippen molar-refractivity contribution in [2.75, 3.05) is 11.4 Å². The number of aliphatic carboxylic acids is 1. The first kappa shape index (κ1) is 31.0. The molecule has 0 aromatic heterocycles. The molecule has 3 amide bonds. The smallest absolute Gasteiger partial charge is 0.376 e. The summed E-state index contributed by atoms with van der Waals surface area (Å²) in [6.07, 6.45) is 6.04. The Bertz CT molecular complexity index is 1380. The molecule has 7 nitrogen and oxygen atoms in total. The Kier molecular flexibility index (Phi) is 10.2. The summed E-state index contributed by atoms with van der Waals surface area (Å²) in [5, 5.41) is 14.1. The molecule has 1 saturated carbocycles. The standard InChI is InChI=1S/C32H34ClF2N3O4/c1-21(23-11-15-27(33)16-12-23)37-31(42)38(28-17-13-25(14-18-28)24-5-3-2-4-6-24)19-22-7-9-26(10-8-22)29(39)36-20-32(34,35)30(40)41/h7-18,21,24H,2-6,19-20H2,1H3,(H,36,39)(H,37,42)(H,40,41). The molecule has 222 valence electrons. The van der Waals surface area contributed by atoms with E-state index >= 15 is 0 Å². The first-order valence-corrected chi connectivity index (χ1v) is 14.3. The third kappa shape index (κ3) is 8.06. The number of alkyl halides is 2. The molecule has 0 saturated heterocycles. The Morgan fingerprint density at radius 3 is 2.17 bits per heavy atom. The normalized spacial score (nSPS) is 14.6. The maximum Gasteiger partial charge on any atom is 0.376 e. The summed E-state index contributed by atoms with van der Waals surface area (Å²) >= 11 is 6.01. The molecule has 0 radical (unpaired) electrons. The van der Waals surface area contributed by atoms with Gasteiger partial charge < -0.3 is 15.7 Å². The molecule has 1 unspecified atom stereocenters. The van der Waals surface area contributed by atoms with Crippen molar-refractivity contribution < 1.29 is 28.3 Å². The van der Waals surface area contributed by atoms with E-state index in [0.717, 1.165) is 18.4 Å². The summed E-state index contributed by atoms with van der Waals surface area (Å²) in [5.74, 6) is -6.69. The van der Waals surface area contributed by atoms with Gasteiger partial charge in [0.25, 0.3) is 5.91 Å². The highest BCUT2D eigenvalue weighted by Gasteiger charge is 2.39. The van der Waals surface area contributed by atoms with Gasteiger partial charge in [-0.15, -0.1) is 0 Å². The van der Waals surface area contributed by atoms with Crippen LogP contribution < -0.4 is 15.5 Å². The van der Waals surface area contributed by atoms with Crippen molar-refractivity contribution in [1.82, 2.24) is 10.6 Å². The number of rotatable bonds is 10. The maximum atomic E-state index is 13.6. The fourth-order valence-corrected chi connectivity index (χ4v) is 5.18. The predicted octanol–water partition coefficient (Wildman–Crippen LogP) is 7.31. The SMILES string of the molecule is CC(NC(=O)N(Cc1ccc(C(=O)NCC(F)(F)C(=O)O)cc1)c1ccc(C2CCCCC2)cc1)c1ccc(Cl)cc1. The van der Waals surface area contributed by atoms with Crippen LogP contribution in [0, 0.1) is 0 Å². The molecule has 0 bridgehead atoms. The zero-order valence-corrected chi connectivity index (χ0v) is 24.0. The lowest BCUT2D eigenvalue weighted by Crippen LogP contribution is -2.42. The average molecular weight is 598 g/mol. The molecular weight excluding hydrogens is 564 g/mol. The number of nitrogens with one attached hydrogen (secondary N) is 2. The molecule has 0 heterocycles. The van der Waals surface area contributed by atoms with Crippen molar-refractivity contribution >= 4 is 35.2 Å². The van der Waals surface area contributed by atoms with Gasteiger partial charge in [0.05, 0.1) is 19.1 Å². The number of carbonyl (C=O) groups excluding carboxylic acids is 2. The summed E-state index contributed by atoms with van der Waals surface area (Å²) in [5.41, 5.74) is 3.65. The van der Waals surface area contributed by atoms with Crippen molar-refractivity contribution in [1.29, 1.82) is 0 Å². The van der Waals surface area contributed by atoms with Crippen molar-refractivity contribution in [2.45, 2.75) is 63.5 Å². The second kappa shape index (κ2) is 13.8. The summed E-state index contributed by atoms with van der Waals surface area (Å²) in [6.45, 7) is 0.743. The van der Waals surface area contributed by atoms with Crippen LogP contribution in [-0.2, 0) is 11.3 Å². The topological polar surface area (TPSA) is 98.7 Å². The zero-order valence-electron chi connectivity index (χ0n) is 23.3. The number of hydrogen-bond donors (Lipinski definition) is 3. The van der Waals surface area contributed by atoms with Gasteiger partial charge in [-0.05, 0) is 78.8 Å². The Morgan fingerprint density at radius 2 is 1.57 bits per heavy atom. The molecule has 1 aliphatic rings. The van der Waals surface area contributed by atoms with E-state index in [2.05, 4.69) is 17.4 Å². The molecule has 42 heavy (non-hydrogen) atoms. The van der Waals surface area contributed by atoms with Crippen molar-refractivity contribution in [3.63, 3.8) is 0 Å². The molecule has 3 aromatic rings. The molecule has 1 fully saturated rings. The van der Waals surface area contributed by atoms with Crippen LogP contribution in [0.3, 0.4) is 0 Å². The van der Waals surface area contributed by atoms with E-state index in [1.165, 1.54) is 37.0 Å². The number of carbonyl (C=O) groups is 3. The molecular formula is C32H34ClF2N3O4. The van der Waals surface area contributed by atoms with Gasteiger partial charge in [0, 0.05) is 16.3 Å². The molecule has 1 aliphatic carbocycles. The van der Waals surface area contributed by atoms with Gasteiger partial charge in [0.1, 0.15) is 0 Å². The van der Waals surface area contributed by atoms with Gasteiger partial charge >= 0.3 is 17.9 Å². The minimum absolute atomic E-state index is 0.0872. The molecule has 10 heteroatoms. The minimum atomic E-state index is -4.07. The number of urea groups is 1. The Hall–Kier alpha value is -3.98. The van der Waals surface area contributed by atoms with Crippen molar-refractivity contribution in [3.8, 4) is 0 Å². The van der Waals surface area contributed by atoms with Crippen LogP contribution in [0.1, 0.15) is 78.0 Å². The van der Waals surface area contributed by atoms with Gasteiger partial charge in [-0.1, -0.05) is 67.3 Å². The van der Waals surface area contributed by atoms with E-state index in [1.807, 2.05) is 36.5 Å². The van der Waals surface area contributed by atoms with E-state index in [0.29, 0.717) is 22.2 Å². The predicted molar refractivity (Wildman–Crippen MR) is 158 cm³/mol. The number of amides is 3. The van der Waals surface area contributed by atoms with Crippen LogP contribution >= 0.6 is 11.6 Å². The average Bonchev–Trinajstić information content (AvgIpc) is 2.99. The van der Waals surface area contributed by atoms with Gasteiger partial charge in [-0.25, -0.2) is 9.59 Å². The number of nitrogens with zero attached hydrogens (tertiary/aromatic N) is 1. The van der Waals surface area contributed by atoms with Gasteiger partial charge in [0.15, 0.2) is 0 Å².